The number of benzene rings is 2. The number of nitrogens with zero attached hydrogens (tertiary/aromatic N) is 1. The second kappa shape index (κ2) is 8.47. The molecule has 1 aliphatic heterocycles. The molecule has 2 unspecified atom stereocenters. The first-order chi connectivity index (χ1) is 14.1. The van der Waals surface area contributed by atoms with Crippen molar-refractivity contribution in [3.8, 4) is 5.75 Å². The lowest BCUT2D eigenvalue weighted by atomic mass is 9.61. The number of hydrogen-bond donors (Lipinski definition) is 3. The fourth-order valence-electron chi connectivity index (χ4n) is 5.47. The summed E-state index contributed by atoms with van der Waals surface area (Å²) in [4.78, 5) is 1.98. The Morgan fingerprint density at radius 1 is 1.07 bits per heavy atom. The number of phenolic OH excluding ortho intramolecular Hbond substituents is 1. The van der Waals surface area contributed by atoms with Gasteiger partial charge in [0.25, 0.3) is 0 Å². The van der Waals surface area contributed by atoms with Crippen LogP contribution in [0.25, 0.3) is 0 Å². The van der Waals surface area contributed by atoms with E-state index < -0.39 is 6.23 Å². The van der Waals surface area contributed by atoms with Crippen molar-refractivity contribution in [2.45, 2.75) is 51.7 Å². The van der Waals surface area contributed by atoms with Gasteiger partial charge in [-0.3, -0.25) is 4.90 Å². The third-order valence-corrected chi connectivity index (χ3v) is 7.18. The highest BCUT2D eigenvalue weighted by atomic mass is 16.3. The van der Waals surface area contributed by atoms with Crippen LogP contribution >= 0.6 is 0 Å². The molecule has 2 aliphatic rings. The van der Waals surface area contributed by atoms with Crippen molar-refractivity contribution in [1.82, 2.24) is 10.2 Å². The summed E-state index contributed by atoms with van der Waals surface area (Å²) < 4.78 is 0. The van der Waals surface area contributed by atoms with Crippen LogP contribution in [0.15, 0.2) is 42.5 Å². The molecular formula is C25H34N2O2. The highest BCUT2D eigenvalue weighted by molar-refractivity contribution is 5.48. The van der Waals surface area contributed by atoms with Gasteiger partial charge in [0.1, 0.15) is 12.0 Å². The summed E-state index contributed by atoms with van der Waals surface area (Å²) in [5.41, 5.74) is 4.85. The van der Waals surface area contributed by atoms with E-state index in [2.05, 4.69) is 29.6 Å². The molecule has 0 amide bonds. The number of piperidine rings is 1. The van der Waals surface area contributed by atoms with Gasteiger partial charge in [-0.05, 0) is 80.0 Å². The average Bonchev–Trinajstić information content (AvgIpc) is 2.74. The molecule has 0 aromatic heterocycles. The lowest BCUT2D eigenvalue weighted by molar-refractivity contribution is 0.00885. The first kappa shape index (κ1) is 20.4. The van der Waals surface area contributed by atoms with E-state index in [9.17, 15) is 10.2 Å². The van der Waals surface area contributed by atoms with Crippen LogP contribution in [0.2, 0.25) is 0 Å². The Balaban J connectivity index is 1.69. The van der Waals surface area contributed by atoms with Gasteiger partial charge in [0.2, 0.25) is 0 Å². The molecule has 4 rings (SSSR count). The van der Waals surface area contributed by atoms with Crippen LogP contribution in [0.5, 0.6) is 5.75 Å². The maximum absolute atomic E-state index is 11.0. The maximum atomic E-state index is 11.0. The third-order valence-electron chi connectivity index (χ3n) is 7.18. The molecular weight excluding hydrogens is 360 g/mol. The topological polar surface area (TPSA) is 55.7 Å². The second-order valence-electron chi connectivity index (χ2n) is 8.80. The van der Waals surface area contributed by atoms with Gasteiger partial charge in [0, 0.05) is 11.5 Å². The van der Waals surface area contributed by atoms with Gasteiger partial charge in [-0.1, -0.05) is 50.2 Å². The second-order valence-corrected chi connectivity index (χ2v) is 8.80. The number of aliphatic hydroxyl groups is 1. The van der Waals surface area contributed by atoms with Crippen LogP contribution in [-0.4, -0.2) is 41.3 Å². The van der Waals surface area contributed by atoms with E-state index in [-0.39, 0.29) is 5.92 Å². The van der Waals surface area contributed by atoms with Crippen LogP contribution in [0, 0.1) is 5.41 Å². The molecule has 0 bridgehead atoms. The van der Waals surface area contributed by atoms with Gasteiger partial charge in [0.05, 0.1) is 0 Å². The lowest BCUT2D eigenvalue weighted by Gasteiger charge is -2.45. The Kier molecular flexibility index (Phi) is 5.95. The van der Waals surface area contributed by atoms with Crippen LogP contribution < -0.4 is 5.32 Å². The summed E-state index contributed by atoms with van der Waals surface area (Å²) in [5, 5.41) is 25.2. The minimum Gasteiger partial charge on any atom is -0.508 e. The van der Waals surface area contributed by atoms with Crippen molar-refractivity contribution < 1.29 is 10.2 Å². The van der Waals surface area contributed by atoms with E-state index in [4.69, 9.17) is 0 Å². The number of aliphatic hydroxyl groups excluding tert-OH is 1. The zero-order chi connectivity index (χ0) is 20.4. The Bertz CT molecular complexity index is 840. The highest BCUT2D eigenvalue weighted by Gasteiger charge is 2.40. The molecule has 2 atom stereocenters. The number of rotatable bonds is 5. The number of phenols is 1. The van der Waals surface area contributed by atoms with E-state index >= 15 is 0 Å². The molecule has 3 N–H and O–H groups in total. The van der Waals surface area contributed by atoms with E-state index in [1.165, 1.54) is 24.0 Å². The van der Waals surface area contributed by atoms with Crippen LogP contribution in [-0.2, 0) is 6.42 Å². The normalized spacial score (nSPS) is 21.9. The predicted molar refractivity (Wildman–Crippen MR) is 117 cm³/mol. The number of hydrogen-bond acceptors (Lipinski definition) is 4. The van der Waals surface area contributed by atoms with Crippen LogP contribution in [0.3, 0.4) is 0 Å². The minimum absolute atomic E-state index is 0.206. The van der Waals surface area contributed by atoms with Crippen molar-refractivity contribution >= 4 is 0 Å². The van der Waals surface area contributed by atoms with Crippen molar-refractivity contribution in [2.75, 3.05) is 26.2 Å². The standard InChI is InChI=1S/C25H34N2O2/c1-3-27(4-2)24(29)18-9-10-21(23(28)15-18)22-17-25(11-13-26-14-12-25)16-19-7-5-6-8-20(19)22/h5-10,15,22,24,26,28-29H,3-4,11-14,16-17H2,1-2H3. The Hall–Kier alpha value is -1.88. The largest absolute Gasteiger partial charge is 0.508 e. The molecule has 1 aliphatic carbocycles. The molecule has 1 heterocycles. The molecule has 0 radical (unpaired) electrons. The van der Waals surface area contributed by atoms with E-state index in [0.717, 1.165) is 50.1 Å². The molecule has 29 heavy (non-hydrogen) atoms. The first-order valence-corrected chi connectivity index (χ1v) is 11.1. The fourth-order valence-corrected chi connectivity index (χ4v) is 5.47. The monoisotopic (exact) mass is 394 g/mol. The summed E-state index contributed by atoms with van der Waals surface area (Å²) >= 11 is 0. The van der Waals surface area contributed by atoms with Crippen LogP contribution in [0.1, 0.15) is 67.5 Å². The predicted octanol–water partition coefficient (Wildman–Crippen LogP) is 4.17. The van der Waals surface area contributed by atoms with Crippen molar-refractivity contribution in [3.63, 3.8) is 0 Å². The number of fused-ring (bicyclic) bond motifs is 1. The number of nitrogens with one attached hydrogen (secondary N) is 1. The van der Waals surface area contributed by atoms with Gasteiger partial charge in [-0.25, -0.2) is 0 Å². The van der Waals surface area contributed by atoms with Gasteiger partial charge >= 0.3 is 0 Å². The van der Waals surface area contributed by atoms with Crippen molar-refractivity contribution in [2.24, 2.45) is 5.41 Å². The van der Waals surface area contributed by atoms with E-state index in [0.29, 0.717) is 11.2 Å². The summed E-state index contributed by atoms with van der Waals surface area (Å²) in [5.74, 6) is 0.511. The first-order valence-electron chi connectivity index (χ1n) is 11.1. The Labute approximate surface area is 174 Å². The zero-order valence-electron chi connectivity index (χ0n) is 17.7. The van der Waals surface area contributed by atoms with Gasteiger partial charge in [0.15, 0.2) is 0 Å². The minimum atomic E-state index is -0.681. The average molecular weight is 395 g/mol. The summed E-state index contributed by atoms with van der Waals surface area (Å²) in [7, 11) is 0. The van der Waals surface area contributed by atoms with E-state index in [1.807, 2.05) is 30.9 Å². The number of aromatic hydroxyl groups is 1. The van der Waals surface area contributed by atoms with E-state index in [1.54, 1.807) is 6.07 Å². The van der Waals surface area contributed by atoms with Crippen molar-refractivity contribution in [1.29, 1.82) is 0 Å². The molecule has 2 aromatic carbocycles. The Morgan fingerprint density at radius 3 is 2.48 bits per heavy atom. The molecule has 0 saturated carbocycles. The smallest absolute Gasteiger partial charge is 0.133 e. The van der Waals surface area contributed by atoms with Crippen molar-refractivity contribution in [3.05, 3.63) is 64.7 Å². The summed E-state index contributed by atoms with van der Waals surface area (Å²) in [6, 6.07) is 14.5. The SMILES string of the molecule is CCN(CC)C(O)c1ccc(C2CC3(CCNCC3)Cc3ccccc32)c(O)c1. The van der Waals surface area contributed by atoms with Crippen LogP contribution in [0.4, 0.5) is 0 Å². The molecule has 1 spiro atoms. The summed E-state index contributed by atoms with van der Waals surface area (Å²) in [6.07, 6.45) is 3.92. The molecule has 156 valence electrons. The lowest BCUT2D eigenvalue weighted by Crippen LogP contribution is -2.41. The van der Waals surface area contributed by atoms with Gasteiger partial charge < -0.3 is 15.5 Å². The fraction of sp³-hybridized carbons (Fsp3) is 0.520. The van der Waals surface area contributed by atoms with Gasteiger partial charge in [-0.2, -0.15) is 0 Å². The molecule has 4 nitrogen and oxygen atoms in total. The van der Waals surface area contributed by atoms with Gasteiger partial charge in [-0.15, -0.1) is 0 Å². The molecule has 1 fully saturated rings. The highest BCUT2D eigenvalue weighted by Crippen LogP contribution is 2.51. The zero-order valence-corrected chi connectivity index (χ0v) is 17.7. The summed E-state index contributed by atoms with van der Waals surface area (Å²) in [6.45, 7) is 7.78. The molecule has 4 heteroatoms. The Morgan fingerprint density at radius 2 is 1.79 bits per heavy atom. The molecule has 1 saturated heterocycles. The third kappa shape index (κ3) is 3.94. The quantitative estimate of drug-likeness (QED) is 0.666. The molecule has 2 aromatic rings. The maximum Gasteiger partial charge on any atom is 0.133 e.